The number of hydrogen-bond acceptors (Lipinski definition) is 3. The van der Waals surface area contributed by atoms with E-state index in [1.165, 1.54) is 6.07 Å². The summed E-state index contributed by atoms with van der Waals surface area (Å²) in [5, 5.41) is 3.38. The summed E-state index contributed by atoms with van der Waals surface area (Å²) in [4.78, 5) is 2.37. The molecule has 5 heteroatoms. The highest BCUT2D eigenvalue weighted by Crippen LogP contribution is 2.22. The molecule has 3 nitrogen and oxygen atoms in total. The standard InChI is InChI=1S/C15H23FN2O.ClH/c1-12(2)19-9-8-18-7-6-17-11-15(18)13-4-3-5-14(16)10-13;/h3-5,10,12,15,17H,6-9,11H2,1-2H3;1H. The van der Waals surface area contributed by atoms with Gasteiger partial charge in [0.15, 0.2) is 0 Å². The molecule has 1 fully saturated rings. The Kier molecular flexibility index (Phi) is 7.45. The Balaban J connectivity index is 0.00000200. The molecule has 0 bridgehead atoms. The van der Waals surface area contributed by atoms with Gasteiger partial charge in [0, 0.05) is 32.2 Å². The molecule has 1 unspecified atom stereocenters. The first-order valence-electron chi connectivity index (χ1n) is 6.98. The molecule has 1 heterocycles. The highest BCUT2D eigenvalue weighted by atomic mass is 35.5. The van der Waals surface area contributed by atoms with Gasteiger partial charge in [-0.15, -0.1) is 12.4 Å². The zero-order valence-electron chi connectivity index (χ0n) is 12.1. The highest BCUT2D eigenvalue weighted by Gasteiger charge is 2.23. The van der Waals surface area contributed by atoms with Gasteiger partial charge in [-0.3, -0.25) is 4.90 Å². The molecular formula is C15H24ClFN2O. The van der Waals surface area contributed by atoms with Gasteiger partial charge in [-0.25, -0.2) is 4.39 Å². The lowest BCUT2D eigenvalue weighted by molar-refractivity contribution is 0.0430. The highest BCUT2D eigenvalue weighted by molar-refractivity contribution is 5.85. The average Bonchev–Trinajstić information content (AvgIpc) is 2.39. The number of rotatable bonds is 5. The van der Waals surface area contributed by atoms with Crippen molar-refractivity contribution in [2.75, 3.05) is 32.8 Å². The fraction of sp³-hybridized carbons (Fsp3) is 0.600. The van der Waals surface area contributed by atoms with E-state index < -0.39 is 0 Å². The lowest BCUT2D eigenvalue weighted by atomic mass is 10.0. The van der Waals surface area contributed by atoms with Crippen LogP contribution in [-0.2, 0) is 4.74 Å². The zero-order chi connectivity index (χ0) is 13.7. The third-order valence-corrected chi connectivity index (χ3v) is 3.42. The Hall–Kier alpha value is -0.680. The van der Waals surface area contributed by atoms with E-state index in [2.05, 4.69) is 10.2 Å². The number of halogens is 2. The lowest BCUT2D eigenvalue weighted by Crippen LogP contribution is -2.47. The van der Waals surface area contributed by atoms with Crippen LogP contribution in [-0.4, -0.2) is 43.8 Å². The predicted molar refractivity (Wildman–Crippen MR) is 81.9 cm³/mol. The number of nitrogens with zero attached hydrogens (tertiary/aromatic N) is 1. The minimum Gasteiger partial charge on any atom is -0.377 e. The summed E-state index contributed by atoms with van der Waals surface area (Å²) in [5.41, 5.74) is 1.04. The molecule has 2 rings (SSSR count). The first kappa shape index (κ1) is 17.4. The van der Waals surface area contributed by atoms with Crippen molar-refractivity contribution in [1.29, 1.82) is 0 Å². The molecule has 0 aliphatic carbocycles. The molecule has 0 saturated carbocycles. The second-order valence-electron chi connectivity index (χ2n) is 5.23. The maximum atomic E-state index is 13.3. The van der Waals surface area contributed by atoms with Crippen molar-refractivity contribution in [3.63, 3.8) is 0 Å². The van der Waals surface area contributed by atoms with Gasteiger partial charge in [0.05, 0.1) is 12.7 Å². The molecule has 20 heavy (non-hydrogen) atoms. The molecule has 1 aliphatic rings. The van der Waals surface area contributed by atoms with Crippen molar-refractivity contribution in [2.24, 2.45) is 0 Å². The molecule has 0 spiro atoms. The molecule has 0 aromatic heterocycles. The van der Waals surface area contributed by atoms with Crippen LogP contribution in [0.15, 0.2) is 24.3 Å². The molecule has 1 aromatic rings. The molecule has 1 aromatic carbocycles. The summed E-state index contributed by atoms with van der Waals surface area (Å²) >= 11 is 0. The largest absolute Gasteiger partial charge is 0.377 e. The van der Waals surface area contributed by atoms with Crippen LogP contribution in [0.3, 0.4) is 0 Å². The molecule has 1 atom stereocenters. The van der Waals surface area contributed by atoms with E-state index in [4.69, 9.17) is 4.74 Å². The van der Waals surface area contributed by atoms with Crippen LogP contribution in [0.25, 0.3) is 0 Å². The van der Waals surface area contributed by atoms with Crippen LogP contribution in [0.1, 0.15) is 25.5 Å². The number of piperazine rings is 1. The van der Waals surface area contributed by atoms with E-state index in [9.17, 15) is 4.39 Å². The maximum Gasteiger partial charge on any atom is 0.123 e. The Labute approximate surface area is 126 Å². The van der Waals surface area contributed by atoms with Crippen LogP contribution < -0.4 is 5.32 Å². The van der Waals surface area contributed by atoms with Crippen molar-refractivity contribution >= 4 is 12.4 Å². The van der Waals surface area contributed by atoms with Crippen molar-refractivity contribution in [1.82, 2.24) is 10.2 Å². The maximum absolute atomic E-state index is 13.3. The molecular weight excluding hydrogens is 279 g/mol. The molecule has 1 aliphatic heterocycles. The van der Waals surface area contributed by atoms with Crippen molar-refractivity contribution in [3.05, 3.63) is 35.6 Å². The molecule has 1 saturated heterocycles. The van der Waals surface area contributed by atoms with Crippen molar-refractivity contribution < 1.29 is 9.13 Å². The quantitative estimate of drug-likeness (QED) is 0.905. The first-order chi connectivity index (χ1) is 9.16. The van der Waals surface area contributed by atoms with Gasteiger partial charge < -0.3 is 10.1 Å². The third kappa shape index (κ3) is 5.02. The van der Waals surface area contributed by atoms with E-state index in [-0.39, 0.29) is 30.4 Å². The van der Waals surface area contributed by atoms with Gasteiger partial charge in [0.25, 0.3) is 0 Å². The van der Waals surface area contributed by atoms with Crippen LogP contribution in [0.4, 0.5) is 4.39 Å². The number of hydrogen-bond donors (Lipinski definition) is 1. The molecule has 114 valence electrons. The van der Waals surface area contributed by atoms with Crippen LogP contribution in [0.2, 0.25) is 0 Å². The Morgan fingerprint density at radius 1 is 1.45 bits per heavy atom. The minimum atomic E-state index is -0.165. The molecule has 0 radical (unpaired) electrons. The summed E-state index contributed by atoms with van der Waals surface area (Å²) in [6.07, 6.45) is 0.260. The molecule has 0 amide bonds. The summed E-state index contributed by atoms with van der Waals surface area (Å²) < 4.78 is 19.0. The van der Waals surface area contributed by atoms with Crippen molar-refractivity contribution in [2.45, 2.75) is 26.0 Å². The summed E-state index contributed by atoms with van der Waals surface area (Å²) in [6, 6.07) is 7.14. The van der Waals surface area contributed by atoms with Crippen LogP contribution in [0.5, 0.6) is 0 Å². The van der Waals surface area contributed by atoms with Gasteiger partial charge >= 0.3 is 0 Å². The lowest BCUT2D eigenvalue weighted by Gasteiger charge is -2.36. The van der Waals surface area contributed by atoms with Gasteiger partial charge in [-0.2, -0.15) is 0 Å². The Morgan fingerprint density at radius 3 is 2.95 bits per heavy atom. The fourth-order valence-electron chi connectivity index (χ4n) is 2.46. The first-order valence-corrected chi connectivity index (χ1v) is 6.98. The SMILES string of the molecule is CC(C)OCCN1CCNCC1c1cccc(F)c1.Cl. The minimum absolute atomic E-state index is 0. The Morgan fingerprint density at radius 2 is 2.25 bits per heavy atom. The van der Waals surface area contributed by atoms with E-state index in [1.807, 2.05) is 19.9 Å². The van der Waals surface area contributed by atoms with E-state index in [0.717, 1.165) is 38.3 Å². The van der Waals surface area contributed by atoms with Gasteiger partial charge in [0.1, 0.15) is 5.82 Å². The van der Waals surface area contributed by atoms with E-state index in [0.29, 0.717) is 0 Å². The summed E-state index contributed by atoms with van der Waals surface area (Å²) in [7, 11) is 0. The number of ether oxygens (including phenoxy) is 1. The fourth-order valence-corrected chi connectivity index (χ4v) is 2.46. The smallest absolute Gasteiger partial charge is 0.123 e. The van der Waals surface area contributed by atoms with Gasteiger partial charge in [-0.1, -0.05) is 12.1 Å². The van der Waals surface area contributed by atoms with Crippen molar-refractivity contribution in [3.8, 4) is 0 Å². The summed E-state index contributed by atoms with van der Waals surface area (Å²) in [5.74, 6) is -0.165. The number of nitrogens with one attached hydrogen (secondary N) is 1. The average molecular weight is 303 g/mol. The monoisotopic (exact) mass is 302 g/mol. The number of benzene rings is 1. The van der Waals surface area contributed by atoms with Crippen LogP contribution >= 0.6 is 12.4 Å². The predicted octanol–water partition coefficient (Wildman–Crippen LogP) is 2.62. The zero-order valence-corrected chi connectivity index (χ0v) is 13.0. The molecule has 1 N–H and O–H groups in total. The second-order valence-corrected chi connectivity index (χ2v) is 5.23. The third-order valence-electron chi connectivity index (χ3n) is 3.42. The van der Waals surface area contributed by atoms with E-state index >= 15 is 0 Å². The normalized spacial score (nSPS) is 19.9. The van der Waals surface area contributed by atoms with Gasteiger partial charge in [-0.05, 0) is 31.5 Å². The topological polar surface area (TPSA) is 24.5 Å². The van der Waals surface area contributed by atoms with E-state index in [1.54, 1.807) is 12.1 Å². The summed E-state index contributed by atoms with van der Waals surface area (Å²) in [6.45, 7) is 8.52. The van der Waals surface area contributed by atoms with Gasteiger partial charge in [0.2, 0.25) is 0 Å². The Bertz CT molecular complexity index is 403. The second kappa shape index (κ2) is 8.57. The van der Waals surface area contributed by atoms with Crippen LogP contribution in [0, 0.1) is 5.82 Å².